The highest BCUT2D eigenvalue weighted by atomic mass is 32.2. The first kappa shape index (κ1) is 16.9. The van der Waals surface area contributed by atoms with Gasteiger partial charge in [-0.1, -0.05) is 20.8 Å². The molecule has 20 heavy (non-hydrogen) atoms. The van der Waals surface area contributed by atoms with Crippen molar-refractivity contribution in [1.82, 2.24) is 4.98 Å². The van der Waals surface area contributed by atoms with E-state index in [-0.39, 0.29) is 24.0 Å². The molecule has 6 nitrogen and oxygen atoms in total. The molecule has 0 saturated carbocycles. The van der Waals surface area contributed by atoms with Gasteiger partial charge in [-0.15, -0.1) is 11.3 Å². The Kier molecular flexibility index (Phi) is 5.52. The molecular weight excluding hydrogens is 300 g/mol. The van der Waals surface area contributed by atoms with Gasteiger partial charge in [-0.3, -0.25) is 9.52 Å². The molecule has 0 bridgehead atoms. The van der Waals surface area contributed by atoms with Crippen molar-refractivity contribution in [3.8, 4) is 0 Å². The number of carbonyl (C=O) groups excluding carboxylic acids is 1. The molecule has 0 spiro atoms. The van der Waals surface area contributed by atoms with Crippen LogP contribution in [0.1, 0.15) is 39.3 Å². The van der Waals surface area contributed by atoms with E-state index in [4.69, 9.17) is 0 Å². The lowest BCUT2D eigenvalue weighted by atomic mass is 9.93. The van der Waals surface area contributed by atoms with Gasteiger partial charge in [-0.2, -0.15) is 0 Å². The summed E-state index contributed by atoms with van der Waals surface area (Å²) in [7, 11) is -2.20. The molecule has 1 aromatic rings. The van der Waals surface area contributed by atoms with Crippen molar-refractivity contribution in [1.29, 1.82) is 0 Å². The van der Waals surface area contributed by atoms with Crippen LogP contribution in [0.15, 0.2) is 5.38 Å². The fourth-order valence-corrected chi connectivity index (χ4v) is 3.65. The van der Waals surface area contributed by atoms with Crippen LogP contribution >= 0.6 is 11.3 Å². The van der Waals surface area contributed by atoms with Crippen molar-refractivity contribution in [2.75, 3.05) is 17.6 Å². The second-order valence-electron chi connectivity index (χ2n) is 5.39. The third-order valence-corrected chi connectivity index (χ3v) is 4.75. The van der Waals surface area contributed by atoms with Crippen LogP contribution in [0.4, 0.5) is 5.13 Å². The van der Waals surface area contributed by atoms with Gasteiger partial charge in [0, 0.05) is 17.2 Å². The second-order valence-corrected chi connectivity index (χ2v) is 8.09. The van der Waals surface area contributed by atoms with Crippen LogP contribution in [0.3, 0.4) is 0 Å². The molecule has 114 valence electrons. The average Bonchev–Trinajstić information content (AvgIpc) is 2.75. The van der Waals surface area contributed by atoms with E-state index in [2.05, 4.69) is 14.4 Å². The van der Waals surface area contributed by atoms with Crippen molar-refractivity contribution in [2.24, 2.45) is 0 Å². The van der Waals surface area contributed by atoms with Gasteiger partial charge in [-0.05, 0) is 6.42 Å². The van der Waals surface area contributed by atoms with Crippen molar-refractivity contribution in [3.05, 3.63) is 11.1 Å². The zero-order chi connectivity index (χ0) is 15.4. The highest BCUT2D eigenvalue weighted by Gasteiger charge is 2.19. The molecule has 1 rings (SSSR count). The van der Waals surface area contributed by atoms with Gasteiger partial charge >= 0.3 is 5.97 Å². The van der Waals surface area contributed by atoms with E-state index in [0.29, 0.717) is 5.13 Å². The fraction of sp³-hybridized carbons (Fsp3) is 0.667. The van der Waals surface area contributed by atoms with E-state index < -0.39 is 16.0 Å². The summed E-state index contributed by atoms with van der Waals surface area (Å²) in [6.45, 7) is 6.03. The van der Waals surface area contributed by atoms with Crippen LogP contribution in [0, 0.1) is 0 Å². The zero-order valence-corrected chi connectivity index (χ0v) is 13.7. The quantitative estimate of drug-likeness (QED) is 0.812. The molecule has 8 heteroatoms. The number of hydrogen-bond donors (Lipinski definition) is 1. The number of nitrogens with zero attached hydrogens (tertiary/aromatic N) is 1. The van der Waals surface area contributed by atoms with E-state index in [1.807, 2.05) is 26.2 Å². The van der Waals surface area contributed by atoms with Gasteiger partial charge in [0.1, 0.15) is 0 Å². The normalized spacial score (nSPS) is 12.2. The summed E-state index contributed by atoms with van der Waals surface area (Å²) in [5, 5.41) is 2.19. The molecule has 0 aliphatic heterocycles. The molecule has 1 heterocycles. The zero-order valence-electron chi connectivity index (χ0n) is 12.1. The highest BCUT2D eigenvalue weighted by molar-refractivity contribution is 7.92. The number of anilines is 1. The summed E-state index contributed by atoms with van der Waals surface area (Å²) in [6, 6.07) is 0. The number of carbonyl (C=O) groups is 1. The van der Waals surface area contributed by atoms with Crippen LogP contribution < -0.4 is 4.72 Å². The van der Waals surface area contributed by atoms with Crippen molar-refractivity contribution in [2.45, 2.75) is 39.0 Å². The molecule has 0 aliphatic carbocycles. The molecule has 0 unspecified atom stereocenters. The smallest absolute Gasteiger partial charge is 0.305 e. The summed E-state index contributed by atoms with van der Waals surface area (Å²) in [4.78, 5) is 15.2. The number of rotatable bonds is 6. The third-order valence-electron chi connectivity index (χ3n) is 2.54. The van der Waals surface area contributed by atoms with E-state index in [1.165, 1.54) is 18.4 Å². The van der Waals surface area contributed by atoms with E-state index >= 15 is 0 Å². The molecule has 0 saturated heterocycles. The molecular formula is C12H20N2O4S2. The molecule has 0 aliphatic rings. The molecule has 0 fully saturated rings. The summed E-state index contributed by atoms with van der Waals surface area (Å²) < 4.78 is 30.6. The maximum atomic E-state index is 11.8. The van der Waals surface area contributed by atoms with Crippen molar-refractivity contribution < 1.29 is 17.9 Å². The number of methoxy groups -OCH3 is 1. The first-order valence-corrected chi connectivity index (χ1v) is 8.70. The molecule has 0 amide bonds. The SMILES string of the molecule is COC(=O)CCCS(=O)(=O)Nc1nc(C(C)(C)C)cs1. The predicted octanol–water partition coefficient (Wildman–Crippen LogP) is 2.14. The van der Waals surface area contributed by atoms with Crippen LogP contribution in [0.2, 0.25) is 0 Å². The van der Waals surface area contributed by atoms with Gasteiger partial charge < -0.3 is 4.74 Å². The number of sulfonamides is 1. The first-order chi connectivity index (χ1) is 9.14. The topological polar surface area (TPSA) is 85.4 Å². The number of esters is 1. The Morgan fingerprint density at radius 1 is 1.45 bits per heavy atom. The van der Waals surface area contributed by atoms with Crippen LogP contribution in [0.25, 0.3) is 0 Å². The lowest BCUT2D eigenvalue weighted by Gasteiger charge is -2.14. The minimum Gasteiger partial charge on any atom is -0.469 e. The highest BCUT2D eigenvalue weighted by Crippen LogP contribution is 2.26. The van der Waals surface area contributed by atoms with E-state index in [0.717, 1.165) is 5.69 Å². The minimum atomic E-state index is -3.48. The Morgan fingerprint density at radius 3 is 2.60 bits per heavy atom. The third kappa shape index (κ3) is 5.46. The number of ether oxygens (including phenoxy) is 1. The van der Waals surface area contributed by atoms with Gasteiger partial charge in [-0.25, -0.2) is 13.4 Å². The monoisotopic (exact) mass is 320 g/mol. The summed E-state index contributed by atoms with van der Waals surface area (Å²) >= 11 is 1.25. The first-order valence-electron chi connectivity index (χ1n) is 6.17. The Labute approximate surface area is 123 Å². The molecule has 0 aromatic carbocycles. The fourth-order valence-electron chi connectivity index (χ4n) is 1.36. The van der Waals surface area contributed by atoms with Crippen LogP contribution in [-0.2, 0) is 25.0 Å². The number of aromatic nitrogens is 1. The van der Waals surface area contributed by atoms with Gasteiger partial charge in [0.2, 0.25) is 10.0 Å². The Bertz CT molecular complexity index is 558. The predicted molar refractivity (Wildman–Crippen MR) is 79.5 cm³/mol. The summed E-state index contributed by atoms with van der Waals surface area (Å²) in [5.41, 5.74) is 0.722. The van der Waals surface area contributed by atoms with Gasteiger partial charge in [0.15, 0.2) is 5.13 Å². The van der Waals surface area contributed by atoms with E-state index in [9.17, 15) is 13.2 Å². The molecule has 1 aromatic heterocycles. The largest absolute Gasteiger partial charge is 0.469 e. The van der Waals surface area contributed by atoms with Gasteiger partial charge in [0.25, 0.3) is 0 Å². The summed E-state index contributed by atoms with van der Waals surface area (Å²) in [6.07, 6.45) is 0.308. The Hall–Kier alpha value is -1.15. The number of hydrogen-bond acceptors (Lipinski definition) is 6. The Balaban J connectivity index is 2.58. The van der Waals surface area contributed by atoms with E-state index in [1.54, 1.807) is 0 Å². The number of thiazole rings is 1. The van der Waals surface area contributed by atoms with Crippen LogP contribution in [0.5, 0.6) is 0 Å². The van der Waals surface area contributed by atoms with Crippen molar-refractivity contribution >= 4 is 32.5 Å². The molecule has 1 N–H and O–H groups in total. The summed E-state index contributed by atoms with van der Waals surface area (Å²) in [5.74, 6) is -0.545. The van der Waals surface area contributed by atoms with Crippen molar-refractivity contribution in [3.63, 3.8) is 0 Å². The maximum Gasteiger partial charge on any atom is 0.305 e. The molecule has 0 radical (unpaired) electrons. The lowest BCUT2D eigenvalue weighted by molar-refractivity contribution is -0.140. The second kappa shape index (κ2) is 6.53. The molecule has 0 atom stereocenters. The number of nitrogens with one attached hydrogen (secondary N) is 1. The Morgan fingerprint density at radius 2 is 2.10 bits per heavy atom. The lowest BCUT2D eigenvalue weighted by Crippen LogP contribution is -2.18. The standard InChI is InChI=1S/C12H20N2O4S2/c1-12(2,3)9-8-19-11(13-9)14-20(16,17)7-5-6-10(15)18-4/h8H,5-7H2,1-4H3,(H,13,14). The average molecular weight is 320 g/mol. The van der Waals surface area contributed by atoms with Crippen LogP contribution in [-0.4, -0.2) is 32.2 Å². The van der Waals surface area contributed by atoms with Gasteiger partial charge in [0.05, 0.1) is 18.6 Å². The maximum absolute atomic E-state index is 11.8. The minimum absolute atomic E-state index is 0.0858.